The molecule has 5 aromatic carbocycles. The minimum Gasteiger partial charge on any atom is -0.494 e. The summed E-state index contributed by atoms with van der Waals surface area (Å²) in [6, 6.07) is 28.1. The predicted octanol–water partition coefficient (Wildman–Crippen LogP) is 8.03. The summed E-state index contributed by atoms with van der Waals surface area (Å²) in [6.45, 7) is 1.19. The van der Waals surface area contributed by atoms with Gasteiger partial charge in [0.15, 0.2) is 23.0 Å². The Morgan fingerprint density at radius 3 is 1.71 bits per heavy atom. The number of methoxy groups -OCH3 is 2. The second kappa shape index (κ2) is 18.3. The van der Waals surface area contributed by atoms with Crippen molar-refractivity contribution in [2.45, 2.75) is 57.4 Å². The van der Waals surface area contributed by atoms with Crippen LogP contribution in [0.2, 0.25) is 0 Å². The van der Waals surface area contributed by atoms with Gasteiger partial charge in [-0.05, 0) is 77.6 Å². The third kappa shape index (κ3) is 8.55. The first kappa shape index (κ1) is 41.5. The van der Waals surface area contributed by atoms with Crippen LogP contribution in [0.4, 0.5) is 22.7 Å². The average Bonchev–Trinajstić information content (AvgIpc) is 3.80. The number of ether oxygens (including phenoxy) is 5. The van der Waals surface area contributed by atoms with Gasteiger partial charge in [0.1, 0.15) is 19.0 Å². The zero-order valence-electron chi connectivity index (χ0n) is 35.0. The van der Waals surface area contributed by atoms with Crippen molar-refractivity contribution < 1.29 is 38.1 Å². The molecule has 0 saturated heterocycles. The molecule has 13 nitrogen and oxygen atoms in total. The highest BCUT2D eigenvalue weighted by molar-refractivity contribution is 7.80. The van der Waals surface area contributed by atoms with Crippen LogP contribution < -0.4 is 38.8 Å². The summed E-state index contributed by atoms with van der Waals surface area (Å²) in [5, 5.41) is 2.84. The maximum atomic E-state index is 14.0. The van der Waals surface area contributed by atoms with E-state index in [9.17, 15) is 14.4 Å². The van der Waals surface area contributed by atoms with Crippen LogP contribution in [-0.2, 0) is 30.8 Å². The van der Waals surface area contributed by atoms with Gasteiger partial charge in [-0.2, -0.15) is 12.6 Å². The van der Waals surface area contributed by atoms with Crippen molar-refractivity contribution in [1.29, 1.82) is 0 Å². The second-order valence-corrected chi connectivity index (χ2v) is 16.1. The molecule has 4 aliphatic rings. The number of carbonyl (C=O) groups excluding carboxylic acids is 3. The number of rotatable bonds is 16. The Bertz CT molecular complexity index is 2490. The molecule has 2 atom stereocenters. The standard InChI is InChI=1S/C49H47N5O8S/c1-58-43-22-37-39(51-26-34-20-32-9-3-5-11-41(32)53(34)48(37)56)24-45(43)61-28-30-17-31(19-36(18-30)60-15-8-7-13-47(55)50-14-16-63)29-62-46-25-40-38(23-44(46)59-2)49(57)54-35(27-52-40)21-33-10-4-6-12-42(33)54/h3-6,9-12,17-19,22-27,34-35,63H,7-8,13-16,20-21,28-29H2,1-2H3,(H,50,55). The molecular weight excluding hydrogens is 819 g/mol. The molecule has 5 aromatic rings. The lowest BCUT2D eigenvalue weighted by molar-refractivity contribution is -0.121. The first-order valence-corrected chi connectivity index (χ1v) is 21.7. The molecule has 2 unspecified atom stereocenters. The zero-order valence-corrected chi connectivity index (χ0v) is 35.9. The lowest BCUT2D eigenvalue weighted by Gasteiger charge is -2.22. The number of anilines is 2. The van der Waals surface area contributed by atoms with Crippen molar-refractivity contribution in [3.8, 4) is 28.7 Å². The van der Waals surface area contributed by atoms with E-state index in [4.69, 9.17) is 33.7 Å². The number of aliphatic imine (C=N–C) groups is 2. The lowest BCUT2D eigenvalue weighted by atomic mass is 10.1. The van der Waals surface area contributed by atoms with Gasteiger partial charge in [-0.3, -0.25) is 34.2 Å². The van der Waals surface area contributed by atoms with E-state index in [0.29, 0.717) is 102 Å². The molecule has 0 aliphatic carbocycles. The number of carbonyl (C=O) groups is 3. The van der Waals surface area contributed by atoms with Gasteiger partial charge in [0, 0.05) is 67.5 Å². The smallest absolute Gasteiger partial charge is 0.261 e. The van der Waals surface area contributed by atoms with Crippen LogP contribution in [0.5, 0.6) is 28.7 Å². The minimum atomic E-state index is -0.187. The van der Waals surface area contributed by atoms with E-state index in [1.54, 1.807) is 48.3 Å². The molecule has 14 heteroatoms. The molecule has 3 amide bonds. The number of fused-ring (bicyclic) bond motifs is 8. The summed E-state index contributed by atoms with van der Waals surface area (Å²) >= 11 is 4.16. The lowest BCUT2D eigenvalue weighted by Crippen LogP contribution is -2.37. The van der Waals surface area contributed by atoms with Crippen LogP contribution in [0.3, 0.4) is 0 Å². The Labute approximate surface area is 371 Å². The van der Waals surface area contributed by atoms with Crippen LogP contribution in [0, 0.1) is 0 Å². The topological polar surface area (TPSA) is 141 Å². The van der Waals surface area contributed by atoms with E-state index in [0.717, 1.165) is 33.6 Å². The molecule has 1 N–H and O–H groups in total. The number of para-hydroxylation sites is 2. The highest BCUT2D eigenvalue weighted by Gasteiger charge is 2.38. The highest BCUT2D eigenvalue weighted by Crippen LogP contribution is 2.43. The van der Waals surface area contributed by atoms with Gasteiger partial charge >= 0.3 is 0 Å². The predicted molar refractivity (Wildman–Crippen MR) is 245 cm³/mol. The number of nitrogens with zero attached hydrogens (tertiary/aromatic N) is 4. The van der Waals surface area contributed by atoms with Gasteiger partial charge in [-0.25, -0.2) is 0 Å². The quantitative estimate of drug-likeness (QED) is 0.0751. The summed E-state index contributed by atoms with van der Waals surface area (Å²) < 4.78 is 30.6. The molecule has 0 bridgehead atoms. The van der Waals surface area contributed by atoms with Gasteiger partial charge in [-0.15, -0.1) is 0 Å². The van der Waals surface area contributed by atoms with Gasteiger partial charge in [0.2, 0.25) is 5.91 Å². The van der Waals surface area contributed by atoms with Crippen molar-refractivity contribution in [2.24, 2.45) is 9.98 Å². The third-order valence-electron chi connectivity index (χ3n) is 11.6. The zero-order chi connectivity index (χ0) is 43.5. The molecule has 9 rings (SSSR count). The van der Waals surface area contributed by atoms with Gasteiger partial charge in [0.25, 0.3) is 11.8 Å². The first-order valence-electron chi connectivity index (χ1n) is 21.1. The Balaban J connectivity index is 0.943. The van der Waals surface area contributed by atoms with E-state index in [-0.39, 0.29) is 43.0 Å². The van der Waals surface area contributed by atoms with Gasteiger partial charge in [-0.1, -0.05) is 36.4 Å². The summed E-state index contributed by atoms with van der Waals surface area (Å²) in [4.78, 5) is 53.2. The average molecular weight is 866 g/mol. The monoisotopic (exact) mass is 865 g/mol. The Kier molecular flexibility index (Phi) is 12.1. The fraction of sp³-hybridized carbons (Fsp3) is 0.286. The van der Waals surface area contributed by atoms with Crippen LogP contribution in [0.1, 0.15) is 62.2 Å². The Morgan fingerprint density at radius 2 is 1.21 bits per heavy atom. The fourth-order valence-corrected chi connectivity index (χ4v) is 8.65. The van der Waals surface area contributed by atoms with Crippen LogP contribution in [0.15, 0.2) is 101 Å². The van der Waals surface area contributed by atoms with Crippen molar-refractivity contribution in [2.75, 3.05) is 42.9 Å². The van der Waals surface area contributed by atoms with Crippen molar-refractivity contribution in [1.82, 2.24) is 5.32 Å². The Hall–Kier alpha value is -6.80. The number of benzene rings is 5. The number of hydrogen-bond acceptors (Lipinski definition) is 11. The molecule has 4 aliphatic heterocycles. The van der Waals surface area contributed by atoms with E-state index < -0.39 is 0 Å². The molecule has 0 fully saturated rings. The molecule has 0 saturated carbocycles. The first-order chi connectivity index (χ1) is 30.8. The molecule has 0 spiro atoms. The number of hydrogen-bond donors (Lipinski definition) is 2. The number of thiol groups is 1. The number of amides is 3. The van der Waals surface area contributed by atoms with Crippen LogP contribution >= 0.6 is 12.6 Å². The largest absolute Gasteiger partial charge is 0.494 e. The highest BCUT2D eigenvalue weighted by atomic mass is 32.1. The SMILES string of the molecule is COc1cc2c(cc1OCc1cc(COc3cc4c(cc3OC)C(=O)N3c5ccccc5CC3C=N4)cc(OCCCCC(=O)NCCS)c1)N=CC1Cc3ccccc3N1C2=O. The summed E-state index contributed by atoms with van der Waals surface area (Å²) in [5.41, 5.74) is 7.42. The van der Waals surface area contributed by atoms with E-state index in [1.807, 2.05) is 79.2 Å². The van der Waals surface area contributed by atoms with E-state index in [1.165, 1.54) is 0 Å². The van der Waals surface area contributed by atoms with Gasteiger partial charge in [0.05, 0.1) is 55.4 Å². The fourth-order valence-electron chi connectivity index (χ4n) is 8.54. The molecule has 63 heavy (non-hydrogen) atoms. The molecule has 4 heterocycles. The summed E-state index contributed by atoms with van der Waals surface area (Å²) in [5.74, 6) is 2.54. The van der Waals surface area contributed by atoms with E-state index in [2.05, 4.69) is 17.9 Å². The van der Waals surface area contributed by atoms with Crippen molar-refractivity contribution >= 4 is 65.5 Å². The molecular formula is C49H47N5O8S. The minimum absolute atomic E-state index is 0.00871. The Morgan fingerprint density at radius 1 is 0.683 bits per heavy atom. The summed E-state index contributed by atoms with van der Waals surface area (Å²) in [6.07, 6.45) is 6.78. The number of nitrogens with one attached hydrogen (secondary N) is 1. The maximum absolute atomic E-state index is 14.0. The van der Waals surface area contributed by atoms with Crippen LogP contribution in [-0.4, -0.2) is 75.4 Å². The molecule has 0 radical (unpaired) electrons. The van der Waals surface area contributed by atoms with E-state index >= 15 is 0 Å². The van der Waals surface area contributed by atoms with Crippen molar-refractivity contribution in [3.05, 3.63) is 124 Å². The molecule has 0 aromatic heterocycles. The van der Waals surface area contributed by atoms with Crippen LogP contribution in [0.25, 0.3) is 0 Å². The third-order valence-corrected chi connectivity index (χ3v) is 11.8. The maximum Gasteiger partial charge on any atom is 0.261 e. The second-order valence-electron chi connectivity index (χ2n) is 15.7. The molecule has 322 valence electrons. The van der Waals surface area contributed by atoms with Crippen molar-refractivity contribution in [3.63, 3.8) is 0 Å². The van der Waals surface area contributed by atoms with Gasteiger partial charge < -0.3 is 29.0 Å². The normalized spacial score (nSPS) is 16.5. The number of unbranched alkanes of at least 4 members (excludes halogenated alkanes) is 1. The summed E-state index contributed by atoms with van der Waals surface area (Å²) in [7, 11) is 3.09.